The summed E-state index contributed by atoms with van der Waals surface area (Å²) in [7, 11) is 3.35. The fourth-order valence-corrected chi connectivity index (χ4v) is 1.77. The molecule has 1 aromatic heterocycles. The van der Waals surface area contributed by atoms with Crippen molar-refractivity contribution < 1.29 is 9.47 Å². The van der Waals surface area contributed by atoms with Crippen molar-refractivity contribution >= 4 is 11.6 Å². The van der Waals surface area contributed by atoms with Gasteiger partial charge in [-0.15, -0.1) is 0 Å². The zero-order valence-corrected chi connectivity index (χ0v) is 13.8. The average Bonchev–Trinajstić information content (AvgIpc) is 2.49. The largest absolute Gasteiger partial charge is 0.382 e. The third kappa shape index (κ3) is 6.27. The van der Waals surface area contributed by atoms with Crippen LogP contribution in [0.3, 0.4) is 0 Å². The molecule has 0 amide bonds. The molecule has 0 saturated heterocycles. The molecule has 0 aromatic carbocycles. The summed E-state index contributed by atoms with van der Waals surface area (Å²) in [4.78, 5) is 9.08. The first kappa shape index (κ1) is 17.7. The van der Waals surface area contributed by atoms with Crippen LogP contribution in [0.15, 0.2) is 6.07 Å². The summed E-state index contributed by atoms with van der Waals surface area (Å²) in [6, 6.07) is 1.93. The van der Waals surface area contributed by atoms with E-state index < -0.39 is 0 Å². The van der Waals surface area contributed by atoms with Gasteiger partial charge < -0.3 is 20.1 Å². The van der Waals surface area contributed by atoms with Gasteiger partial charge in [0.1, 0.15) is 17.5 Å². The van der Waals surface area contributed by atoms with Crippen molar-refractivity contribution in [1.29, 1.82) is 0 Å². The average molecular weight is 296 g/mol. The number of hydrogen-bond donors (Lipinski definition) is 2. The van der Waals surface area contributed by atoms with E-state index in [1.807, 2.05) is 6.07 Å². The monoisotopic (exact) mass is 296 g/mol. The summed E-state index contributed by atoms with van der Waals surface area (Å²) >= 11 is 0. The summed E-state index contributed by atoms with van der Waals surface area (Å²) in [5, 5.41) is 6.61. The van der Waals surface area contributed by atoms with Crippen molar-refractivity contribution in [3.8, 4) is 0 Å². The summed E-state index contributed by atoms with van der Waals surface area (Å²) in [5.41, 5.74) is 0. The maximum absolute atomic E-state index is 5.34. The van der Waals surface area contributed by atoms with E-state index in [0.717, 1.165) is 30.4 Å². The van der Waals surface area contributed by atoms with E-state index in [2.05, 4.69) is 41.4 Å². The normalized spacial score (nSPS) is 12.5. The summed E-state index contributed by atoms with van der Waals surface area (Å²) in [5.74, 6) is 2.79. The van der Waals surface area contributed by atoms with Gasteiger partial charge in [-0.25, -0.2) is 9.97 Å². The number of anilines is 2. The van der Waals surface area contributed by atoms with Gasteiger partial charge in [-0.3, -0.25) is 0 Å². The number of aromatic nitrogens is 2. The maximum atomic E-state index is 5.34. The number of nitrogens with zero attached hydrogens (tertiary/aromatic N) is 2. The van der Waals surface area contributed by atoms with Crippen LogP contribution >= 0.6 is 0 Å². The summed E-state index contributed by atoms with van der Waals surface area (Å²) in [6.07, 6.45) is 1.06. The molecule has 120 valence electrons. The van der Waals surface area contributed by atoms with Crippen LogP contribution in [0.25, 0.3) is 0 Å². The lowest BCUT2D eigenvalue weighted by Gasteiger charge is -2.17. The minimum absolute atomic E-state index is 0.000448. The Morgan fingerprint density at radius 2 is 1.81 bits per heavy atom. The molecule has 1 unspecified atom stereocenters. The van der Waals surface area contributed by atoms with E-state index in [0.29, 0.717) is 13.2 Å². The van der Waals surface area contributed by atoms with Crippen LogP contribution < -0.4 is 10.6 Å². The molecule has 6 nitrogen and oxygen atoms in total. The van der Waals surface area contributed by atoms with Crippen LogP contribution in [0.4, 0.5) is 11.6 Å². The smallest absolute Gasteiger partial charge is 0.135 e. The second kappa shape index (κ2) is 9.52. The molecule has 0 aliphatic carbocycles. The first-order chi connectivity index (χ1) is 10.1. The highest BCUT2D eigenvalue weighted by Gasteiger charge is 2.10. The second-order valence-corrected chi connectivity index (χ2v) is 5.27. The minimum Gasteiger partial charge on any atom is -0.382 e. The lowest BCUT2D eigenvalue weighted by molar-refractivity contribution is 0.0365. The van der Waals surface area contributed by atoms with Crippen molar-refractivity contribution in [3.63, 3.8) is 0 Å². The van der Waals surface area contributed by atoms with Crippen molar-refractivity contribution in [2.24, 2.45) is 0 Å². The van der Waals surface area contributed by atoms with Crippen molar-refractivity contribution in [2.45, 2.75) is 39.2 Å². The van der Waals surface area contributed by atoms with Gasteiger partial charge in [-0.1, -0.05) is 20.8 Å². The zero-order chi connectivity index (χ0) is 15.7. The van der Waals surface area contributed by atoms with Gasteiger partial charge in [-0.05, 0) is 6.42 Å². The van der Waals surface area contributed by atoms with Crippen molar-refractivity contribution in [1.82, 2.24) is 9.97 Å². The van der Waals surface area contributed by atoms with Crippen LogP contribution in [0.2, 0.25) is 0 Å². The Morgan fingerprint density at radius 1 is 1.14 bits per heavy atom. The molecular weight excluding hydrogens is 268 g/mol. The van der Waals surface area contributed by atoms with E-state index in [1.165, 1.54) is 0 Å². The number of methoxy groups -OCH3 is 2. The lowest BCUT2D eigenvalue weighted by atomic mass is 10.2. The fourth-order valence-electron chi connectivity index (χ4n) is 1.77. The first-order valence-corrected chi connectivity index (χ1v) is 7.49. The lowest BCUT2D eigenvalue weighted by Crippen LogP contribution is -2.27. The van der Waals surface area contributed by atoms with E-state index in [4.69, 9.17) is 9.47 Å². The molecular formula is C15H28N4O2. The Bertz CT molecular complexity index is 413. The molecule has 0 radical (unpaired) electrons. The second-order valence-electron chi connectivity index (χ2n) is 5.27. The molecule has 0 aliphatic rings. The highest BCUT2D eigenvalue weighted by Crippen LogP contribution is 2.17. The molecule has 0 spiro atoms. The third-order valence-corrected chi connectivity index (χ3v) is 3.01. The SMILES string of the molecule is CCCNc1cc(NCC(COC)OC)nc(C(C)C)n1. The van der Waals surface area contributed by atoms with Gasteiger partial charge in [0.05, 0.1) is 12.7 Å². The highest BCUT2D eigenvalue weighted by atomic mass is 16.5. The Balaban J connectivity index is 2.76. The molecule has 0 aliphatic heterocycles. The number of hydrogen-bond acceptors (Lipinski definition) is 6. The first-order valence-electron chi connectivity index (χ1n) is 7.49. The quantitative estimate of drug-likeness (QED) is 0.691. The highest BCUT2D eigenvalue weighted by molar-refractivity contribution is 5.48. The molecule has 0 bridgehead atoms. The van der Waals surface area contributed by atoms with Gasteiger partial charge in [0, 0.05) is 39.3 Å². The standard InChI is InChI=1S/C15H28N4O2/c1-6-7-16-13-8-14(19-15(18-13)11(2)3)17-9-12(21-5)10-20-4/h8,11-12H,6-7,9-10H2,1-5H3,(H2,16,17,18,19). The van der Waals surface area contributed by atoms with Gasteiger partial charge in [-0.2, -0.15) is 0 Å². The van der Waals surface area contributed by atoms with Crippen LogP contribution in [0, 0.1) is 0 Å². The van der Waals surface area contributed by atoms with Gasteiger partial charge >= 0.3 is 0 Å². The Labute approximate surface area is 127 Å². The van der Waals surface area contributed by atoms with Gasteiger partial charge in [0.25, 0.3) is 0 Å². The predicted octanol–water partition coefficient (Wildman–Crippen LogP) is 2.50. The van der Waals surface area contributed by atoms with Crippen LogP contribution in [-0.2, 0) is 9.47 Å². The molecule has 1 atom stereocenters. The molecule has 1 aromatic rings. The third-order valence-electron chi connectivity index (χ3n) is 3.01. The number of nitrogens with one attached hydrogen (secondary N) is 2. The summed E-state index contributed by atoms with van der Waals surface area (Å²) in [6.45, 7) is 8.40. The van der Waals surface area contributed by atoms with Crippen LogP contribution in [-0.4, -0.2) is 50.0 Å². The Hall–Kier alpha value is -1.40. The zero-order valence-electron chi connectivity index (χ0n) is 13.8. The molecule has 2 N–H and O–H groups in total. The number of rotatable bonds is 10. The van der Waals surface area contributed by atoms with E-state index in [-0.39, 0.29) is 12.0 Å². The molecule has 6 heteroatoms. The van der Waals surface area contributed by atoms with Gasteiger partial charge in [0.2, 0.25) is 0 Å². The number of ether oxygens (including phenoxy) is 2. The topological polar surface area (TPSA) is 68.3 Å². The van der Waals surface area contributed by atoms with Crippen LogP contribution in [0.1, 0.15) is 38.9 Å². The molecule has 1 heterocycles. The molecule has 21 heavy (non-hydrogen) atoms. The van der Waals surface area contributed by atoms with E-state index in [9.17, 15) is 0 Å². The maximum Gasteiger partial charge on any atom is 0.135 e. The minimum atomic E-state index is -0.000448. The van der Waals surface area contributed by atoms with E-state index in [1.54, 1.807) is 14.2 Å². The van der Waals surface area contributed by atoms with Gasteiger partial charge in [0.15, 0.2) is 0 Å². The molecule has 0 fully saturated rings. The van der Waals surface area contributed by atoms with Crippen LogP contribution in [0.5, 0.6) is 0 Å². The Morgan fingerprint density at radius 3 is 2.33 bits per heavy atom. The molecule has 1 rings (SSSR count). The fraction of sp³-hybridized carbons (Fsp3) is 0.733. The van der Waals surface area contributed by atoms with Crippen molar-refractivity contribution in [3.05, 3.63) is 11.9 Å². The Kier molecular flexibility index (Phi) is 8.00. The van der Waals surface area contributed by atoms with E-state index >= 15 is 0 Å². The predicted molar refractivity (Wildman–Crippen MR) is 86.1 cm³/mol. The summed E-state index contributed by atoms with van der Waals surface area (Å²) < 4.78 is 10.5. The molecule has 0 saturated carbocycles. The van der Waals surface area contributed by atoms with Crippen molar-refractivity contribution in [2.75, 3.05) is 44.5 Å².